The molecule has 0 aromatic heterocycles. The first-order valence-corrected chi connectivity index (χ1v) is 10.7. The van der Waals surface area contributed by atoms with Crippen LogP contribution >= 0.6 is 0 Å². The maximum atomic E-state index is 12.9. The summed E-state index contributed by atoms with van der Waals surface area (Å²) in [5.74, 6) is 0.272. The summed E-state index contributed by atoms with van der Waals surface area (Å²) in [5, 5.41) is 0. The van der Waals surface area contributed by atoms with E-state index in [-0.39, 0.29) is 17.6 Å². The molecule has 1 aliphatic rings. The summed E-state index contributed by atoms with van der Waals surface area (Å²) in [6.45, 7) is 10.7. The lowest BCUT2D eigenvalue weighted by Gasteiger charge is -2.32. The Bertz CT molecular complexity index is 832. The van der Waals surface area contributed by atoms with Crippen molar-refractivity contribution < 1.29 is 9.59 Å². The third kappa shape index (κ3) is 4.87. The second kappa shape index (κ2) is 9.25. The molecule has 0 atom stereocenters. The molecule has 154 valence electrons. The molecule has 0 aliphatic carbocycles. The molecule has 0 saturated carbocycles. The number of benzene rings is 2. The Balaban J connectivity index is 1.59. The van der Waals surface area contributed by atoms with E-state index in [4.69, 9.17) is 0 Å². The zero-order valence-corrected chi connectivity index (χ0v) is 18.0. The van der Waals surface area contributed by atoms with Crippen molar-refractivity contribution in [3.8, 4) is 0 Å². The summed E-state index contributed by atoms with van der Waals surface area (Å²) in [6, 6.07) is 16.1. The number of rotatable bonds is 6. The van der Waals surface area contributed by atoms with Crippen molar-refractivity contribution in [2.24, 2.45) is 5.92 Å². The largest absolute Gasteiger partial charge is 0.369 e. The average molecular weight is 393 g/mol. The Morgan fingerprint density at radius 3 is 2.03 bits per heavy atom. The maximum absolute atomic E-state index is 12.9. The van der Waals surface area contributed by atoms with E-state index in [1.54, 1.807) is 0 Å². The lowest BCUT2D eigenvalue weighted by molar-refractivity contribution is 0.0650. The Morgan fingerprint density at radius 1 is 0.966 bits per heavy atom. The number of carbonyl (C=O) groups is 2. The van der Waals surface area contributed by atoms with Crippen LogP contribution in [0.3, 0.4) is 0 Å². The standard InChI is InChI=1S/C25H32N2O2/c1-5-27(18(2)3)23-12-10-22(11-13-23)25(29)26-16-14-21(15-17-26)24(28)20-8-6-19(4)7-9-20/h6-13,18,21H,5,14-17H2,1-4H3. The molecule has 1 heterocycles. The van der Waals surface area contributed by atoms with Crippen LogP contribution in [0.1, 0.15) is 59.9 Å². The summed E-state index contributed by atoms with van der Waals surface area (Å²) in [7, 11) is 0. The SMILES string of the molecule is CCN(c1ccc(C(=O)N2CCC(C(=O)c3ccc(C)cc3)CC2)cc1)C(C)C. The first-order valence-electron chi connectivity index (χ1n) is 10.7. The topological polar surface area (TPSA) is 40.6 Å². The van der Waals surface area contributed by atoms with E-state index in [1.807, 2.05) is 60.4 Å². The van der Waals surface area contributed by atoms with Crippen molar-refractivity contribution in [1.29, 1.82) is 0 Å². The highest BCUT2D eigenvalue weighted by Crippen LogP contribution is 2.24. The molecule has 0 bridgehead atoms. The van der Waals surface area contributed by atoms with Gasteiger partial charge in [-0.15, -0.1) is 0 Å². The van der Waals surface area contributed by atoms with E-state index in [0.29, 0.717) is 19.1 Å². The van der Waals surface area contributed by atoms with Gasteiger partial charge in [0.25, 0.3) is 5.91 Å². The molecule has 0 N–H and O–H groups in total. The second-order valence-electron chi connectivity index (χ2n) is 8.22. The summed E-state index contributed by atoms with van der Waals surface area (Å²) >= 11 is 0. The fourth-order valence-electron chi connectivity index (χ4n) is 4.12. The number of nitrogens with zero attached hydrogens (tertiary/aromatic N) is 2. The van der Waals surface area contributed by atoms with Gasteiger partial charge in [0, 0.05) is 48.4 Å². The molecule has 2 aromatic carbocycles. The number of ketones is 1. The third-order valence-corrected chi connectivity index (χ3v) is 5.90. The van der Waals surface area contributed by atoms with Crippen LogP contribution in [-0.2, 0) is 0 Å². The van der Waals surface area contributed by atoms with Crippen molar-refractivity contribution >= 4 is 17.4 Å². The van der Waals surface area contributed by atoms with Gasteiger partial charge in [0.05, 0.1) is 0 Å². The highest BCUT2D eigenvalue weighted by molar-refractivity contribution is 5.98. The molecule has 0 radical (unpaired) electrons. The highest BCUT2D eigenvalue weighted by atomic mass is 16.2. The van der Waals surface area contributed by atoms with E-state index in [1.165, 1.54) is 0 Å². The van der Waals surface area contributed by atoms with E-state index in [0.717, 1.165) is 41.8 Å². The first-order chi connectivity index (χ1) is 13.9. The van der Waals surface area contributed by atoms with Gasteiger partial charge < -0.3 is 9.80 Å². The van der Waals surface area contributed by atoms with Crippen LogP contribution in [0.25, 0.3) is 0 Å². The molecular formula is C25H32N2O2. The van der Waals surface area contributed by atoms with Gasteiger partial charge >= 0.3 is 0 Å². The van der Waals surface area contributed by atoms with E-state index in [9.17, 15) is 9.59 Å². The molecule has 4 heteroatoms. The zero-order valence-electron chi connectivity index (χ0n) is 18.0. The third-order valence-electron chi connectivity index (χ3n) is 5.90. The molecule has 1 aliphatic heterocycles. The quantitative estimate of drug-likeness (QED) is 0.652. The van der Waals surface area contributed by atoms with Crippen LogP contribution in [0.2, 0.25) is 0 Å². The number of hydrogen-bond donors (Lipinski definition) is 0. The van der Waals surface area contributed by atoms with Crippen molar-refractivity contribution in [2.75, 3.05) is 24.5 Å². The van der Waals surface area contributed by atoms with Gasteiger partial charge in [0.15, 0.2) is 5.78 Å². The fraction of sp³-hybridized carbons (Fsp3) is 0.440. The number of piperidine rings is 1. The Hall–Kier alpha value is -2.62. The molecule has 4 nitrogen and oxygen atoms in total. The van der Waals surface area contributed by atoms with Crippen molar-refractivity contribution in [3.63, 3.8) is 0 Å². The van der Waals surface area contributed by atoms with Crippen molar-refractivity contribution in [3.05, 3.63) is 65.2 Å². The first kappa shape index (κ1) is 21.1. The van der Waals surface area contributed by atoms with Crippen LogP contribution < -0.4 is 4.90 Å². The number of likely N-dealkylation sites (tertiary alicyclic amines) is 1. The van der Waals surface area contributed by atoms with Crippen molar-refractivity contribution in [2.45, 2.75) is 46.6 Å². The van der Waals surface area contributed by atoms with Gasteiger partial charge in [-0.2, -0.15) is 0 Å². The van der Waals surface area contributed by atoms with Crippen LogP contribution in [0, 0.1) is 12.8 Å². The predicted molar refractivity (Wildman–Crippen MR) is 119 cm³/mol. The number of hydrogen-bond acceptors (Lipinski definition) is 3. The Morgan fingerprint density at radius 2 is 1.52 bits per heavy atom. The molecule has 29 heavy (non-hydrogen) atoms. The van der Waals surface area contributed by atoms with Crippen LogP contribution in [0.4, 0.5) is 5.69 Å². The Labute approximate surface area is 174 Å². The minimum Gasteiger partial charge on any atom is -0.369 e. The number of anilines is 1. The Kier molecular flexibility index (Phi) is 6.73. The van der Waals surface area contributed by atoms with E-state index in [2.05, 4.69) is 25.7 Å². The van der Waals surface area contributed by atoms with Crippen LogP contribution in [0.5, 0.6) is 0 Å². The van der Waals surface area contributed by atoms with Crippen molar-refractivity contribution in [1.82, 2.24) is 4.90 Å². The number of aryl methyl sites for hydroxylation is 1. The molecule has 3 rings (SSSR count). The van der Waals surface area contributed by atoms with Gasteiger partial charge in [-0.3, -0.25) is 9.59 Å². The lowest BCUT2D eigenvalue weighted by Crippen LogP contribution is -2.40. The molecule has 1 saturated heterocycles. The van der Waals surface area contributed by atoms with Crippen LogP contribution in [-0.4, -0.2) is 42.3 Å². The molecule has 1 fully saturated rings. The predicted octanol–water partition coefficient (Wildman–Crippen LogP) is 4.96. The average Bonchev–Trinajstić information content (AvgIpc) is 2.74. The summed E-state index contributed by atoms with van der Waals surface area (Å²) < 4.78 is 0. The minimum absolute atomic E-state index is 0.00767. The van der Waals surface area contributed by atoms with Crippen LogP contribution in [0.15, 0.2) is 48.5 Å². The zero-order chi connectivity index (χ0) is 21.0. The van der Waals surface area contributed by atoms with Gasteiger partial charge in [0.2, 0.25) is 0 Å². The molecule has 0 spiro atoms. The van der Waals surface area contributed by atoms with E-state index < -0.39 is 0 Å². The summed E-state index contributed by atoms with van der Waals surface area (Å²) in [5.41, 5.74) is 3.79. The van der Waals surface area contributed by atoms with E-state index >= 15 is 0 Å². The highest BCUT2D eigenvalue weighted by Gasteiger charge is 2.28. The number of Topliss-reactive ketones (excluding diaryl/α,β-unsaturated/α-hetero) is 1. The van der Waals surface area contributed by atoms with Gasteiger partial charge in [0.1, 0.15) is 0 Å². The summed E-state index contributed by atoms with van der Waals surface area (Å²) in [4.78, 5) is 29.8. The smallest absolute Gasteiger partial charge is 0.253 e. The maximum Gasteiger partial charge on any atom is 0.253 e. The normalized spacial score (nSPS) is 14.9. The minimum atomic E-state index is 0.00767. The monoisotopic (exact) mass is 392 g/mol. The lowest BCUT2D eigenvalue weighted by atomic mass is 9.88. The second-order valence-corrected chi connectivity index (χ2v) is 8.22. The molecule has 2 aromatic rings. The van der Waals surface area contributed by atoms with Gasteiger partial charge in [-0.25, -0.2) is 0 Å². The van der Waals surface area contributed by atoms with Gasteiger partial charge in [-0.1, -0.05) is 29.8 Å². The molecular weight excluding hydrogens is 360 g/mol. The molecule has 1 amide bonds. The fourth-order valence-corrected chi connectivity index (χ4v) is 4.12. The van der Waals surface area contributed by atoms with Gasteiger partial charge in [-0.05, 0) is 64.8 Å². The summed E-state index contributed by atoms with van der Waals surface area (Å²) in [6.07, 6.45) is 1.46. The number of amides is 1. The molecule has 0 unspecified atom stereocenters. The number of carbonyl (C=O) groups excluding carboxylic acids is 2.